The molecule has 1 aromatic carbocycles. The quantitative estimate of drug-likeness (QED) is 0.772. The number of phenols is 1. The van der Waals surface area contributed by atoms with E-state index in [1.54, 1.807) is 12.3 Å². The van der Waals surface area contributed by atoms with Crippen LogP contribution in [-0.2, 0) is 0 Å². The molecule has 2 heterocycles. The third-order valence-electron chi connectivity index (χ3n) is 3.95. The average Bonchev–Trinajstić information content (AvgIpc) is 3.22. The molecule has 4 nitrogen and oxygen atoms in total. The molecule has 4 rings (SSSR count). The topological polar surface area (TPSA) is 50.9 Å². The lowest BCUT2D eigenvalue weighted by Crippen LogP contribution is -1.98. The van der Waals surface area contributed by atoms with Crippen molar-refractivity contribution in [3.63, 3.8) is 0 Å². The Hall–Kier alpha value is -2.36. The van der Waals surface area contributed by atoms with Gasteiger partial charge in [-0.1, -0.05) is 12.1 Å². The van der Waals surface area contributed by atoms with Crippen LogP contribution in [0.1, 0.15) is 24.4 Å². The van der Waals surface area contributed by atoms with Crippen molar-refractivity contribution in [3.8, 4) is 17.1 Å². The van der Waals surface area contributed by atoms with Gasteiger partial charge in [0.05, 0.1) is 11.7 Å². The Morgan fingerprint density at radius 1 is 1.25 bits per heavy atom. The lowest BCUT2D eigenvalue weighted by atomic mass is 10.1. The van der Waals surface area contributed by atoms with Crippen molar-refractivity contribution in [2.24, 2.45) is 0 Å². The van der Waals surface area contributed by atoms with Crippen LogP contribution in [0.2, 0.25) is 0 Å². The number of hydrogen-bond donors (Lipinski definition) is 1. The molecule has 1 fully saturated rings. The number of fused-ring (bicyclic) bond motifs is 1. The third-order valence-corrected chi connectivity index (χ3v) is 3.95. The summed E-state index contributed by atoms with van der Waals surface area (Å²) < 4.78 is 2.29. The van der Waals surface area contributed by atoms with Gasteiger partial charge in [-0.3, -0.25) is 4.98 Å². The van der Waals surface area contributed by atoms with Crippen molar-refractivity contribution in [1.29, 1.82) is 0 Å². The first kappa shape index (κ1) is 11.5. The van der Waals surface area contributed by atoms with E-state index in [0.717, 1.165) is 28.0 Å². The molecule has 0 aliphatic heterocycles. The van der Waals surface area contributed by atoms with Crippen LogP contribution in [0, 0.1) is 6.92 Å². The van der Waals surface area contributed by atoms with Gasteiger partial charge in [0.1, 0.15) is 17.1 Å². The average molecular weight is 265 g/mol. The predicted molar refractivity (Wildman–Crippen MR) is 77.6 cm³/mol. The first-order valence-corrected chi connectivity index (χ1v) is 6.86. The number of nitrogens with zero attached hydrogens (tertiary/aromatic N) is 3. The minimum atomic E-state index is 0.315. The van der Waals surface area contributed by atoms with Crippen molar-refractivity contribution in [3.05, 3.63) is 42.2 Å². The highest BCUT2D eigenvalue weighted by atomic mass is 16.3. The SMILES string of the molecule is Cc1c(O)cccc1-c1nc2cnccc2n1C1CC1. The van der Waals surface area contributed by atoms with Gasteiger partial charge in [0.15, 0.2) is 0 Å². The lowest BCUT2D eigenvalue weighted by Gasteiger charge is -2.10. The Bertz CT molecular complexity index is 803. The molecule has 3 aromatic rings. The number of benzene rings is 1. The molecular formula is C16H15N3O. The number of hydrogen-bond acceptors (Lipinski definition) is 3. The van der Waals surface area contributed by atoms with Crippen molar-refractivity contribution < 1.29 is 5.11 Å². The summed E-state index contributed by atoms with van der Waals surface area (Å²) >= 11 is 0. The molecular weight excluding hydrogens is 250 g/mol. The largest absolute Gasteiger partial charge is 0.508 e. The molecule has 0 unspecified atom stereocenters. The highest BCUT2D eigenvalue weighted by Crippen LogP contribution is 2.42. The Balaban J connectivity index is 2.04. The van der Waals surface area contributed by atoms with E-state index >= 15 is 0 Å². The van der Waals surface area contributed by atoms with E-state index in [9.17, 15) is 5.11 Å². The molecule has 1 N–H and O–H groups in total. The van der Waals surface area contributed by atoms with Crippen molar-refractivity contribution in [2.75, 3.05) is 0 Å². The van der Waals surface area contributed by atoms with Gasteiger partial charge in [0.2, 0.25) is 0 Å². The number of imidazole rings is 1. The molecule has 0 radical (unpaired) electrons. The molecule has 0 atom stereocenters. The standard InChI is InChI=1S/C16H15N3O/c1-10-12(3-2-4-15(10)20)16-18-13-9-17-8-7-14(13)19(16)11-5-6-11/h2-4,7-9,11,20H,5-6H2,1H3. The van der Waals surface area contributed by atoms with Gasteiger partial charge >= 0.3 is 0 Å². The van der Waals surface area contributed by atoms with E-state index in [1.807, 2.05) is 31.3 Å². The summed E-state index contributed by atoms with van der Waals surface area (Å²) in [6, 6.07) is 8.14. The normalized spacial score (nSPS) is 14.8. The summed E-state index contributed by atoms with van der Waals surface area (Å²) in [6.07, 6.45) is 6.00. The van der Waals surface area contributed by atoms with E-state index in [0.29, 0.717) is 11.8 Å². The minimum absolute atomic E-state index is 0.315. The van der Waals surface area contributed by atoms with Crippen LogP contribution in [0.5, 0.6) is 5.75 Å². The zero-order valence-electron chi connectivity index (χ0n) is 11.2. The van der Waals surface area contributed by atoms with E-state index in [-0.39, 0.29) is 0 Å². The summed E-state index contributed by atoms with van der Waals surface area (Å²) in [7, 11) is 0. The van der Waals surface area contributed by atoms with Gasteiger partial charge < -0.3 is 9.67 Å². The van der Waals surface area contributed by atoms with Gasteiger partial charge in [-0.15, -0.1) is 0 Å². The van der Waals surface area contributed by atoms with Crippen molar-refractivity contribution in [2.45, 2.75) is 25.8 Å². The molecule has 2 aromatic heterocycles. The Morgan fingerprint density at radius 3 is 2.90 bits per heavy atom. The second-order valence-corrected chi connectivity index (χ2v) is 5.35. The molecule has 1 saturated carbocycles. The fourth-order valence-electron chi connectivity index (χ4n) is 2.71. The minimum Gasteiger partial charge on any atom is -0.508 e. The van der Waals surface area contributed by atoms with Gasteiger partial charge in [-0.05, 0) is 31.9 Å². The smallest absolute Gasteiger partial charge is 0.141 e. The van der Waals surface area contributed by atoms with Crippen LogP contribution in [-0.4, -0.2) is 19.6 Å². The molecule has 1 aliphatic rings. The van der Waals surface area contributed by atoms with Gasteiger partial charge in [-0.25, -0.2) is 4.98 Å². The number of aromatic nitrogens is 3. The molecule has 0 saturated heterocycles. The summed E-state index contributed by atoms with van der Waals surface area (Å²) in [5, 5.41) is 9.93. The van der Waals surface area contributed by atoms with Crippen LogP contribution in [0.15, 0.2) is 36.7 Å². The van der Waals surface area contributed by atoms with E-state index in [1.165, 1.54) is 12.8 Å². The van der Waals surface area contributed by atoms with Crippen LogP contribution >= 0.6 is 0 Å². The second kappa shape index (κ2) is 4.07. The van der Waals surface area contributed by atoms with Crippen LogP contribution in [0.3, 0.4) is 0 Å². The maximum atomic E-state index is 9.93. The molecule has 0 amide bonds. The fourth-order valence-corrected chi connectivity index (χ4v) is 2.71. The van der Waals surface area contributed by atoms with Crippen molar-refractivity contribution >= 4 is 11.0 Å². The third kappa shape index (κ3) is 1.61. The summed E-state index contributed by atoms with van der Waals surface area (Å²) in [5.74, 6) is 1.25. The van der Waals surface area contributed by atoms with E-state index in [4.69, 9.17) is 4.98 Å². The fraction of sp³-hybridized carbons (Fsp3) is 0.250. The highest BCUT2D eigenvalue weighted by Gasteiger charge is 2.29. The number of rotatable bonds is 2. The van der Waals surface area contributed by atoms with Crippen LogP contribution < -0.4 is 0 Å². The molecule has 4 heteroatoms. The van der Waals surface area contributed by atoms with Crippen LogP contribution in [0.4, 0.5) is 0 Å². The number of aromatic hydroxyl groups is 1. The molecule has 0 bridgehead atoms. The predicted octanol–water partition coefficient (Wildman–Crippen LogP) is 3.45. The zero-order valence-corrected chi connectivity index (χ0v) is 11.2. The first-order chi connectivity index (χ1) is 9.75. The number of pyridine rings is 1. The van der Waals surface area contributed by atoms with E-state index < -0.39 is 0 Å². The maximum Gasteiger partial charge on any atom is 0.141 e. The molecule has 100 valence electrons. The van der Waals surface area contributed by atoms with Crippen molar-refractivity contribution in [1.82, 2.24) is 14.5 Å². The monoisotopic (exact) mass is 265 g/mol. The van der Waals surface area contributed by atoms with Gasteiger partial charge in [-0.2, -0.15) is 0 Å². The summed E-state index contributed by atoms with van der Waals surface area (Å²) in [6.45, 7) is 1.93. The summed E-state index contributed by atoms with van der Waals surface area (Å²) in [5.41, 5.74) is 3.91. The first-order valence-electron chi connectivity index (χ1n) is 6.86. The molecule has 0 spiro atoms. The van der Waals surface area contributed by atoms with Gasteiger partial charge in [0.25, 0.3) is 0 Å². The van der Waals surface area contributed by atoms with Crippen LogP contribution in [0.25, 0.3) is 22.4 Å². The number of phenolic OH excluding ortho intramolecular Hbond substituents is 1. The Morgan fingerprint density at radius 2 is 2.10 bits per heavy atom. The lowest BCUT2D eigenvalue weighted by molar-refractivity contribution is 0.471. The zero-order chi connectivity index (χ0) is 13.7. The summed E-state index contributed by atoms with van der Waals surface area (Å²) in [4.78, 5) is 8.89. The molecule has 20 heavy (non-hydrogen) atoms. The Labute approximate surface area is 116 Å². The maximum absolute atomic E-state index is 9.93. The Kier molecular flexibility index (Phi) is 2.33. The second-order valence-electron chi connectivity index (χ2n) is 5.35. The molecule has 1 aliphatic carbocycles. The highest BCUT2D eigenvalue weighted by molar-refractivity contribution is 5.81. The van der Waals surface area contributed by atoms with Gasteiger partial charge in [0, 0.05) is 23.4 Å². The van der Waals surface area contributed by atoms with E-state index in [2.05, 4.69) is 9.55 Å².